The molecule has 0 nitrogen and oxygen atoms in total. The second-order valence-corrected chi connectivity index (χ2v) is 2.51. The van der Waals surface area contributed by atoms with Crippen LogP contribution in [0.15, 0.2) is 18.2 Å². The quantitative estimate of drug-likeness (QED) is 0.495. The van der Waals surface area contributed by atoms with E-state index in [9.17, 15) is 0 Å². The van der Waals surface area contributed by atoms with Crippen molar-refractivity contribution in [3.8, 4) is 0 Å². The van der Waals surface area contributed by atoms with Crippen molar-refractivity contribution in [2.75, 3.05) is 0 Å². The molecule has 1 aromatic rings. The zero-order chi connectivity index (χ0) is 6.85. The topological polar surface area (TPSA) is 0 Å². The summed E-state index contributed by atoms with van der Waals surface area (Å²) in [6.07, 6.45) is 0. The third-order valence-corrected chi connectivity index (χ3v) is 1.77. The van der Waals surface area contributed by atoms with Crippen LogP contribution in [0.2, 0.25) is 10.0 Å². The van der Waals surface area contributed by atoms with Gasteiger partial charge in [0.2, 0.25) is 0 Å². The SMILES string of the molecule is Cl.[CH2-]c1c(Cl)cccc1Cl.[Zn]. The van der Waals surface area contributed by atoms with Crippen molar-refractivity contribution in [3.63, 3.8) is 0 Å². The van der Waals surface area contributed by atoms with E-state index in [1.54, 1.807) is 18.2 Å². The summed E-state index contributed by atoms with van der Waals surface area (Å²) in [5.41, 5.74) is 0.695. The van der Waals surface area contributed by atoms with E-state index in [0.717, 1.165) is 0 Å². The number of halogens is 3. The standard InChI is InChI=1S/C7H5Cl2.ClH.Zn/c1-5-6(8)3-2-4-7(5)9;;/h2-4H,1H2;1H;/q-1;;. The molecule has 0 aliphatic carbocycles. The van der Waals surface area contributed by atoms with E-state index in [1.165, 1.54) is 0 Å². The van der Waals surface area contributed by atoms with Crippen LogP contribution >= 0.6 is 35.6 Å². The van der Waals surface area contributed by atoms with Crippen molar-refractivity contribution >= 4 is 35.6 Å². The Kier molecular flexibility index (Phi) is 7.88. The Hall–Kier alpha value is 0.583. The summed E-state index contributed by atoms with van der Waals surface area (Å²) < 4.78 is 0. The minimum absolute atomic E-state index is 0. The molecule has 1 rings (SSSR count). The molecule has 4 heteroatoms. The van der Waals surface area contributed by atoms with Gasteiger partial charge in [-0.3, -0.25) is 0 Å². The summed E-state index contributed by atoms with van der Waals surface area (Å²) in [4.78, 5) is 0. The van der Waals surface area contributed by atoms with Crippen LogP contribution in [0.25, 0.3) is 0 Å². The summed E-state index contributed by atoms with van der Waals surface area (Å²) in [5.74, 6) is 0. The van der Waals surface area contributed by atoms with Crippen molar-refractivity contribution in [1.29, 1.82) is 0 Å². The number of hydrogen-bond acceptors (Lipinski definition) is 0. The van der Waals surface area contributed by atoms with Crippen molar-refractivity contribution < 1.29 is 19.5 Å². The van der Waals surface area contributed by atoms with Crippen LogP contribution in [0.5, 0.6) is 0 Å². The molecule has 0 aliphatic rings. The summed E-state index contributed by atoms with van der Waals surface area (Å²) in [6.45, 7) is 3.66. The van der Waals surface area contributed by atoms with E-state index in [-0.39, 0.29) is 31.9 Å². The molecule has 0 fully saturated rings. The van der Waals surface area contributed by atoms with Gasteiger partial charge in [0.15, 0.2) is 0 Å². The van der Waals surface area contributed by atoms with E-state index in [0.29, 0.717) is 15.6 Å². The fourth-order valence-electron chi connectivity index (χ4n) is 0.532. The molecule has 0 spiro atoms. The van der Waals surface area contributed by atoms with Gasteiger partial charge in [-0.05, 0) is 0 Å². The van der Waals surface area contributed by atoms with Crippen molar-refractivity contribution in [2.24, 2.45) is 0 Å². The van der Waals surface area contributed by atoms with Gasteiger partial charge in [0, 0.05) is 19.5 Å². The smallest absolute Gasteiger partial charge is 0 e. The molecule has 0 saturated heterocycles. The van der Waals surface area contributed by atoms with E-state index in [4.69, 9.17) is 23.2 Å². The van der Waals surface area contributed by atoms with E-state index < -0.39 is 0 Å². The van der Waals surface area contributed by atoms with Crippen LogP contribution in [0.1, 0.15) is 5.56 Å². The molecular weight excluding hydrogens is 256 g/mol. The van der Waals surface area contributed by atoms with Crippen LogP contribution in [-0.4, -0.2) is 0 Å². The first-order chi connectivity index (χ1) is 4.22. The second kappa shape index (κ2) is 6.14. The third-order valence-electron chi connectivity index (χ3n) is 1.06. The Morgan fingerprint density at radius 3 is 1.73 bits per heavy atom. The van der Waals surface area contributed by atoms with Gasteiger partial charge in [-0.1, -0.05) is 16.1 Å². The predicted molar refractivity (Wildman–Crippen MR) is 48.2 cm³/mol. The minimum atomic E-state index is 0. The first kappa shape index (κ1) is 14.1. The monoisotopic (exact) mass is 259 g/mol. The number of benzene rings is 1. The first-order valence-corrected chi connectivity index (χ1v) is 3.23. The van der Waals surface area contributed by atoms with Gasteiger partial charge >= 0.3 is 0 Å². The van der Waals surface area contributed by atoms with E-state index in [1.807, 2.05) is 0 Å². The van der Waals surface area contributed by atoms with Crippen LogP contribution in [-0.2, 0) is 19.5 Å². The maximum absolute atomic E-state index is 5.67. The van der Waals surface area contributed by atoms with E-state index >= 15 is 0 Å². The number of rotatable bonds is 0. The van der Waals surface area contributed by atoms with Gasteiger partial charge in [-0.2, -0.15) is 35.7 Å². The third kappa shape index (κ3) is 3.67. The molecule has 0 atom stereocenters. The minimum Gasteiger partial charge on any atom is -0.196 e. The molecule has 58 valence electrons. The summed E-state index contributed by atoms with van der Waals surface area (Å²) in [6, 6.07) is 5.31. The normalized spacial score (nSPS) is 7.82. The molecule has 0 bridgehead atoms. The van der Waals surface area contributed by atoms with Gasteiger partial charge in [-0.25, -0.2) is 0 Å². The van der Waals surface area contributed by atoms with Gasteiger partial charge in [0.25, 0.3) is 0 Å². The Bertz CT molecular complexity index is 205. The summed E-state index contributed by atoms with van der Waals surface area (Å²) >= 11 is 11.3. The average molecular weight is 262 g/mol. The zero-order valence-electron chi connectivity index (χ0n) is 5.81. The van der Waals surface area contributed by atoms with Gasteiger partial charge in [0.05, 0.1) is 0 Å². The molecule has 11 heavy (non-hydrogen) atoms. The van der Waals surface area contributed by atoms with Crippen LogP contribution in [0.3, 0.4) is 0 Å². The summed E-state index contributed by atoms with van der Waals surface area (Å²) in [5, 5.41) is 1.23. The number of hydrogen-bond donors (Lipinski definition) is 0. The fraction of sp³-hybridized carbons (Fsp3) is 0. The van der Waals surface area contributed by atoms with Gasteiger partial charge < -0.3 is 0 Å². The Balaban J connectivity index is 0. The molecule has 0 N–H and O–H groups in total. The van der Waals surface area contributed by atoms with Crippen molar-refractivity contribution in [1.82, 2.24) is 0 Å². The zero-order valence-corrected chi connectivity index (χ0v) is 11.1. The largest absolute Gasteiger partial charge is 0.196 e. The average Bonchev–Trinajstić information content (AvgIpc) is 1.83. The van der Waals surface area contributed by atoms with Gasteiger partial charge in [-0.15, -0.1) is 24.5 Å². The van der Waals surface area contributed by atoms with E-state index in [2.05, 4.69) is 6.92 Å². The Morgan fingerprint density at radius 1 is 1.09 bits per heavy atom. The Labute approximate surface area is 95.4 Å². The molecule has 0 heterocycles. The molecule has 0 aliphatic heterocycles. The van der Waals surface area contributed by atoms with Crippen LogP contribution < -0.4 is 0 Å². The molecule has 0 amide bonds. The maximum atomic E-state index is 5.67. The molecule has 0 unspecified atom stereocenters. The van der Waals surface area contributed by atoms with Crippen LogP contribution in [0, 0.1) is 6.92 Å². The van der Waals surface area contributed by atoms with Crippen LogP contribution in [0.4, 0.5) is 0 Å². The molecular formula is C7H6Cl3Zn-. The molecule has 0 aromatic heterocycles. The fourth-order valence-corrected chi connectivity index (χ4v) is 0.930. The van der Waals surface area contributed by atoms with Crippen molar-refractivity contribution in [2.45, 2.75) is 0 Å². The van der Waals surface area contributed by atoms with Gasteiger partial charge in [0.1, 0.15) is 0 Å². The molecule has 0 saturated carbocycles. The predicted octanol–water partition coefficient (Wildman–Crippen LogP) is 3.59. The van der Waals surface area contributed by atoms with Crippen molar-refractivity contribution in [3.05, 3.63) is 40.7 Å². The first-order valence-electron chi connectivity index (χ1n) is 2.48. The molecule has 0 radical (unpaired) electrons. The Morgan fingerprint density at radius 2 is 1.45 bits per heavy atom. The summed E-state index contributed by atoms with van der Waals surface area (Å²) in [7, 11) is 0. The molecule has 1 aromatic carbocycles. The maximum Gasteiger partial charge on any atom is 0 e. The second-order valence-electron chi connectivity index (χ2n) is 1.70.